The highest BCUT2D eigenvalue weighted by Crippen LogP contribution is 2.33. The van der Waals surface area contributed by atoms with Gasteiger partial charge in [0, 0.05) is 12.1 Å². The summed E-state index contributed by atoms with van der Waals surface area (Å²) in [5.41, 5.74) is 0.129. The van der Waals surface area contributed by atoms with Gasteiger partial charge in [0.1, 0.15) is 6.54 Å². The van der Waals surface area contributed by atoms with Crippen molar-refractivity contribution in [3.8, 4) is 0 Å². The van der Waals surface area contributed by atoms with Crippen molar-refractivity contribution in [2.75, 3.05) is 10.8 Å². The van der Waals surface area contributed by atoms with Crippen LogP contribution in [0.15, 0.2) is 47.4 Å². The van der Waals surface area contributed by atoms with Crippen LogP contribution in [-0.4, -0.2) is 31.0 Å². The maximum absolute atomic E-state index is 12.8. The van der Waals surface area contributed by atoms with Gasteiger partial charge in [0.05, 0.1) is 20.5 Å². The lowest BCUT2D eigenvalue weighted by Gasteiger charge is -2.23. The molecule has 2 aromatic carbocycles. The Morgan fingerprint density at radius 3 is 2.36 bits per heavy atom. The van der Waals surface area contributed by atoms with E-state index in [0.717, 1.165) is 23.8 Å². The molecule has 0 heterocycles. The van der Waals surface area contributed by atoms with Crippen LogP contribution in [0.5, 0.6) is 0 Å². The molecule has 0 spiro atoms. The lowest BCUT2D eigenvalue weighted by molar-refractivity contribution is -0.384. The zero-order valence-corrected chi connectivity index (χ0v) is 14.5. The number of halogens is 1. The number of aryl methyl sites for hydroxylation is 1. The third kappa shape index (κ3) is 4.06. The molecular weight excluding hydrogens is 372 g/mol. The Morgan fingerprint density at radius 1 is 1.24 bits per heavy atom. The smallest absolute Gasteiger partial charge is 0.324 e. The molecule has 0 aromatic heterocycles. The van der Waals surface area contributed by atoms with Crippen LogP contribution in [0.3, 0.4) is 0 Å². The lowest BCUT2D eigenvalue weighted by Crippen LogP contribution is -2.36. The predicted molar refractivity (Wildman–Crippen MR) is 91.5 cm³/mol. The van der Waals surface area contributed by atoms with Gasteiger partial charge in [0.25, 0.3) is 15.7 Å². The van der Waals surface area contributed by atoms with E-state index in [2.05, 4.69) is 0 Å². The molecule has 2 aromatic rings. The number of benzene rings is 2. The van der Waals surface area contributed by atoms with Gasteiger partial charge in [-0.15, -0.1) is 0 Å². The Hall–Kier alpha value is -2.65. The van der Waals surface area contributed by atoms with Crippen molar-refractivity contribution in [2.45, 2.75) is 11.8 Å². The largest absolute Gasteiger partial charge is 0.480 e. The van der Waals surface area contributed by atoms with Crippen molar-refractivity contribution >= 4 is 39.0 Å². The third-order valence-corrected chi connectivity index (χ3v) is 5.39. The summed E-state index contributed by atoms with van der Waals surface area (Å²) in [5, 5.41) is 19.9. The van der Waals surface area contributed by atoms with Gasteiger partial charge in [-0.1, -0.05) is 29.3 Å². The number of anilines is 1. The highest BCUT2D eigenvalue weighted by Gasteiger charge is 2.29. The Balaban J connectivity index is 2.64. The van der Waals surface area contributed by atoms with Gasteiger partial charge in [-0.05, 0) is 25.1 Å². The summed E-state index contributed by atoms with van der Waals surface area (Å²) in [6, 6.07) is 8.94. The number of nitrogens with zero attached hydrogens (tertiary/aromatic N) is 2. The van der Waals surface area contributed by atoms with Crippen LogP contribution in [0.1, 0.15) is 5.56 Å². The second kappa shape index (κ2) is 7.08. The lowest BCUT2D eigenvalue weighted by atomic mass is 10.2. The molecule has 0 aliphatic carbocycles. The van der Waals surface area contributed by atoms with Crippen molar-refractivity contribution in [3.05, 3.63) is 63.2 Å². The minimum Gasteiger partial charge on any atom is -0.480 e. The van der Waals surface area contributed by atoms with Gasteiger partial charge >= 0.3 is 5.97 Å². The van der Waals surface area contributed by atoms with Crippen LogP contribution >= 0.6 is 11.6 Å². The first-order chi connectivity index (χ1) is 11.6. The van der Waals surface area contributed by atoms with Crippen molar-refractivity contribution in [1.29, 1.82) is 0 Å². The second-order valence-corrected chi connectivity index (χ2v) is 7.38. The molecule has 0 saturated heterocycles. The summed E-state index contributed by atoms with van der Waals surface area (Å²) >= 11 is 5.98. The van der Waals surface area contributed by atoms with E-state index in [1.807, 2.05) is 0 Å². The molecule has 10 heteroatoms. The Bertz CT molecular complexity index is 928. The van der Waals surface area contributed by atoms with Gasteiger partial charge in [0.2, 0.25) is 0 Å². The fourth-order valence-electron chi connectivity index (χ4n) is 2.07. The average Bonchev–Trinajstić information content (AvgIpc) is 2.53. The molecule has 25 heavy (non-hydrogen) atoms. The maximum atomic E-state index is 12.8. The molecule has 1 N–H and O–H groups in total. The molecule has 8 nitrogen and oxygen atoms in total. The summed E-state index contributed by atoms with van der Waals surface area (Å²) in [7, 11) is -4.29. The van der Waals surface area contributed by atoms with Gasteiger partial charge in [-0.25, -0.2) is 8.42 Å². The number of hydrogen-bond acceptors (Lipinski definition) is 5. The first kappa shape index (κ1) is 18.7. The molecule has 0 radical (unpaired) electrons. The van der Waals surface area contributed by atoms with E-state index in [0.29, 0.717) is 4.31 Å². The van der Waals surface area contributed by atoms with Crippen LogP contribution in [0, 0.1) is 17.0 Å². The average molecular weight is 385 g/mol. The van der Waals surface area contributed by atoms with Crippen LogP contribution < -0.4 is 4.31 Å². The van der Waals surface area contributed by atoms with E-state index in [9.17, 15) is 23.3 Å². The number of sulfonamides is 1. The summed E-state index contributed by atoms with van der Waals surface area (Å²) in [6.45, 7) is 0.833. The molecule has 0 fully saturated rings. The van der Waals surface area contributed by atoms with Crippen molar-refractivity contribution in [1.82, 2.24) is 0 Å². The zero-order chi connectivity index (χ0) is 18.8. The van der Waals surface area contributed by atoms with E-state index in [1.54, 1.807) is 19.1 Å². The van der Waals surface area contributed by atoms with Crippen molar-refractivity contribution in [2.24, 2.45) is 0 Å². The first-order valence-electron chi connectivity index (χ1n) is 6.88. The van der Waals surface area contributed by atoms with E-state index in [-0.39, 0.29) is 15.6 Å². The topological polar surface area (TPSA) is 118 Å². The Morgan fingerprint density at radius 2 is 1.84 bits per heavy atom. The number of nitro groups is 1. The predicted octanol–water partition coefficient (Wildman–Crippen LogP) is 2.84. The summed E-state index contributed by atoms with van der Waals surface area (Å²) in [6.07, 6.45) is 0. The van der Waals surface area contributed by atoms with Gasteiger partial charge in [0.15, 0.2) is 0 Å². The fourth-order valence-corrected chi connectivity index (χ4v) is 3.76. The number of aliphatic carboxylic acids is 1. The number of rotatable bonds is 6. The SMILES string of the molecule is Cc1ccc(S(=O)(=O)N(CC(=O)O)c2cc([N+](=O)[O-])ccc2Cl)cc1. The molecule has 0 saturated carbocycles. The third-order valence-electron chi connectivity index (χ3n) is 3.30. The van der Waals surface area contributed by atoms with Gasteiger partial charge < -0.3 is 5.11 Å². The molecule has 0 aliphatic heterocycles. The summed E-state index contributed by atoms with van der Waals surface area (Å²) in [5.74, 6) is -1.43. The summed E-state index contributed by atoms with van der Waals surface area (Å²) in [4.78, 5) is 21.2. The Labute approximate surface area is 148 Å². The molecule has 0 unspecified atom stereocenters. The van der Waals surface area contributed by atoms with Gasteiger partial charge in [-0.2, -0.15) is 0 Å². The number of carboxylic acid groups (broad SMARTS) is 1. The van der Waals surface area contributed by atoms with Gasteiger partial charge in [-0.3, -0.25) is 19.2 Å². The molecule has 0 aliphatic rings. The molecule has 0 atom stereocenters. The second-order valence-electron chi connectivity index (χ2n) is 5.11. The van der Waals surface area contributed by atoms with Crippen molar-refractivity contribution in [3.63, 3.8) is 0 Å². The van der Waals surface area contributed by atoms with Crippen LogP contribution in [0.2, 0.25) is 5.02 Å². The van der Waals surface area contributed by atoms with E-state index in [1.165, 1.54) is 12.1 Å². The quantitative estimate of drug-likeness (QED) is 0.604. The summed E-state index contributed by atoms with van der Waals surface area (Å²) < 4.78 is 26.2. The van der Waals surface area contributed by atoms with Crippen LogP contribution in [0.4, 0.5) is 11.4 Å². The van der Waals surface area contributed by atoms with E-state index < -0.39 is 33.1 Å². The van der Waals surface area contributed by atoms with Crippen LogP contribution in [-0.2, 0) is 14.8 Å². The fraction of sp³-hybridized carbons (Fsp3) is 0.133. The Kier molecular flexibility index (Phi) is 5.29. The molecule has 2 rings (SSSR count). The minimum atomic E-state index is -4.29. The number of carbonyl (C=O) groups is 1. The first-order valence-corrected chi connectivity index (χ1v) is 8.70. The standard InChI is InChI=1S/C15H13ClN2O6S/c1-10-2-5-12(6-3-10)25(23,24)17(9-15(19)20)14-8-11(18(21)22)4-7-13(14)16/h2-8H,9H2,1H3,(H,19,20). The monoisotopic (exact) mass is 384 g/mol. The molecule has 132 valence electrons. The van der Waals surface area contributed by atoms with E-state index in [4.69, 9.17) is 16.7 Å². The molecular formula is C15H13ClN2O6S. The molecule has 0 bridgehead atoms. The number of hydrogen-bond donors (Lipinski definition) is 1. The highest BCUT2D eigenvalue weighted by atomic mass is 35.5. The number of carboxylic acids is 1. The number of non-ortho nitro benzene ring substituents is 1. The minimum absolute atomic E-state index is 0.123. The zero-order valence-electron chi connectivity index (χ0n) is 12.9. The highest BCUT2D eigenvalue weighted by molar-refractivity contribution is 7.92. The van der Waals surface area contributed by atoms with E-state index >= 15 is 0 Å². The van der Waals surface area contributed by atoms with Crippen molar-refractivity contribution < 1.29 is 23.2 Å². The normalized spacial score (nSPS) is 11.1. The van der Waals surface area contributed by atoms with Crippen LogP contribution in [0.25, 0.3) is 0 Å². The number of nitro benzene ring substituents is 1. The maximum Gasteiger partial charge on any atom is 0.324 e. The molecule has 0 amide bonds.